The van der Waals surface area contributed by atoms with Gasteiger partial charge < -0.3 is 4.74 Å². The molecule has 0 aliphatic carbocycles. The van der Waals surface area contributed by atoms with Crippen LogP contribution in [0.4, 0.5) is 0 Å². The quantitative estimate of drug-likeness (QED) is 0.639. The second kappa shape index (κ2) is 3.85. The molecule has 0 unspecified atom stereocenters. The second-order valence-corrected chi connectivity index (χ2v) is 2.35. The molecular formula is C9H12N2O. The highest BCUT2D eigenvalue weighted by Crippen LogP contribution is 2.09. The molecule has 0 amide bonds. The summed E-state index contributed by atoms with van der Waals surface area (Å²) < 4.78 is 5.20. The van der Waals surface area contributed by atoms with Gasteiger partial charge in [0.05, 0.1) is 6.61 Å². The lowest BCUT2D eigenvalue weighted by Crippen LogP contribution is -1.96. The Bertz CT molecular complexity index is 284. The first kappa shape index (κ1) is 8.71. The molecule has 0 aliphatic heterocycles. The monoisotopic (exact) mass is 164 g/mol. The van der Waals surface area contributed by atoms with Gasteiger partial charge in [-0.25, -0.2) is 9.97 Å². The minimum absolute atomic E-state index is 0.600. The molecule has 0 aromatic carbocycles. The van der Waals surface area contributed by atoms with E-state index < -0.39 is 0 Å². The number of hydrogen-bond donors (Lipinski definition) is 0. The van der Waals surface area contributed by atoms with Crippen molar-refractivity contribution in [1.29, 1.82) is 0 Å². The number of hydrogen-bond acceptors (Lipinski definition) is 3. The Hall–Kier alpha value is -1.38. The lowest BCUT2D eigenvalue weighted by Gasteiger charge is -2.05. The van der Waals surface area contributed by atoms with Gasteiger partial charge in [-0.15, -0.1) is 0 Å². The first-order valence-electron chi connectivity index (χ1n) is 3.85. The molecule has 0 fully saturated rings. The molecule has 0 spiro atoms. The summed E-state index contributed by atoms with van der Waals surface area (Å²) in [6.07, 6.45) is 1.70. The predicted octanol–water partition coefficient (Wildman–Crippen LogP) is 1.79. The molecule has 0 radical (unpaired) electrons. The maximum atomic E-state index is 5.20. The predicted molar refractivity (Wildman–Crippen MR) is 47.4 cm³/mol. The molecule has 0 saturated carbocycles. The van der Waals surface area contributed by atoms with Crippen molar-refractivity contribution in [1.82, 2.24) is 9.97 Å². The Balaban J connectivity index is 2.81. The molecule has 1 aromatic heterocycles. The molecule has 3 nitrogen and oxygen atoms in total. The van der Waals surface area contributed by atoms with Crippen LogP contribution < -0.4 is 0 Å². The van der Waals surface area contributed by atoms with Crippen LogP contribution >= 0.6 is 0 Å². The highest BCUT2D eigenvalue weighted by molar-refractivity contribution is 5.52. The molecule has 0 bridgehead atoms. The van der Waals surface area contributed by atoms with E-state index >= 15 is 0 Å². The SMILES string of the molecule is C=C(OCC)c1ccnc(C)n1. The first-order chi connectivity index (χ1) is 5.74. The van der Waals surface area contributed by atoms with E-state index in [-0.39, 0.29) is 0 Å². The molecule has 1 rings (SSSR count). The minimum atomic E-state index is 0.600. The fourth-order valence-electron chi connectivity index (χ4n) is 0.860. The van der Waals surface area contributed by atoms with Gasteiger partial charge in [0, 0.05) is 6.20 Å². The third-order valence-electron chi connectivity index (χ3n) is 1.38. The van der Waals surface area contributed by atoms with Crippen LogP contribution in [0.25, 0.3) is 5.76 Å². The minimum Gasteiger partial charge on any atom is -0.492 e. The Labute approximate surface area is 72.1 Å². The molecule has 0 atom stereocenters. The highest BCUT2D eigenvalue weighted by Gasteiger charge is 1.99. The van der Waals surface area contributed by atoms with E-state index in [1.54, 1.807) is 12.3 Å². The van der Waals surface area contributed by atoms with Crippen LogP contribution in [0, 0.1) is 6.92 Å². The summed E-state index contributed by atoms with van der Waals surface area (Å²) in [4.78, 5) is 8.13. The van der Waals surface area contributed by atoms with E-state index in [9.17, 15) is 0 Å². The van der Waals surface area contributed by atoms with Crippen LogP contribution in [0.15, 0.2) is 18.8 Å². The van der Waals surface area contributed by atoms with Crippen LogP contribution in [0.5, 0.6) is 0 Å². The van der Waals surface area contributed by atoms with E-state index in [4.69, 9.17) is 4.74 Å². The van der Waals surface area contributed by atoms with Crippen molar-refractivity contribution in [2.45, 2.75) is 13.8 Å². The zero-order chi connectivity index (χ0) is 8.97. The summed E-state index contributed by atoms with van der Waals surface area (Å²) in [5.74, 6) is 1.33. The molecule has 0 saturated heterocycles. The smallest absolute Gasteiger partial charge is 0.137 e. The summed E-state index contributed by atoms with van der Waals surface area (Å²) in [5, 5.41) is 0. The Morgan fingerprint density at radius 2 is 2.42 bits per heavy atom. The fraction of sp³-hybridized carbons (Fsp3) is 0.333. The van der Waals surface area contributed by atoms with Crippen LogP contribution in [-0.2, 0) is 4.74 Å². The maximum Gasteiger partial charge on any atom is 0.137 e. The Morgan fingerprint density at radius 3 is 3.00 bits per heavy atom. The van der Waals surface area contributed by atoms with Gasteiger partial charge in [-0.1, -0.05) is 6.58 Å². The van der Waals surface area contributed by atoms with Gasteiger partial charge in [0.25, 0.3) is 0 Å². The second-order valence-electron chi connectivity index (χ2n) is 2.35. The van der Waals surface area contributed by atoms with Crippen molar-refractivity contribution < 1.29 is 4.74 Å². The van der Waals surface area contributed by atoms with Gasteiger partial charge in [-0.3, -0.25) is 0 Å². The molecule has 1 heterocycles. The molecule has 0 aliphatic rings. The lowest BCUT2D eigenvalue weighted by molar-refractivity contribution is 0.297. The van der Waals surface area contributed by atoms with E-state index in [1.165, 1.54) is 0 Å². The molecule has 1 aromatic rings. The third kappa shape index (κ3) is 2.05. The number of ether oxygens (including phenoxy) is 1. The van der Waals surface area contributed by atoms with E-state index in [0.717, 1.165) is 11.5 Å². The standard InChI is InChI=1S/C9H12N2O/c1-4-12-7(2)9-5-6-10-8(3)11-9/h5-6H,2,4H2,1,3H3. The van der Waals surface area contributed by atoms with Gasteiger partial charge in [0.2, 0.25) is 0 Å². The third-order valence-corrected chi connectivity index (χ3v) is 1.38. The molecular weight excluding hydrogens is 152 g/mol. The lowest BCUT2D eigenvalue weighted by atomic mass is 10.3. The van der Waals surface area contributed by atoms with Crippen LogP contribution in [0.3, 0.4) is 0 Å². The van der Waals surface area contributed by atoms with Crippen molar-refractivity contribution in [3.8, 4) is 0 Å². The van der Waals surface area contributed by atoms with E-state index in [0.29, 0.717) is 12.4 Å². The average Bonchev–Trinajstić information content (AvgIpc) is 2.05. The van der Waals surface area contributed by atoms with Gasteiger partial charge >= 0.3 is 0 Å². The molecule has 12 heavy (non-hydrogen) atoms. The summed E-state index contributed by atoms with van der Waals surface area (Å²) in [6, 6.07) is 1.78. The Morgan fingerprint density at radius 1 is 1.67 bits per heavy atom. The number of aryl methyl sites for hydroxylation is 1. The summed E-state index contributed by atoms with van der Waals surface area (Å²) in [7, 11) is 0. The normalized spacial score (nSPS) is 9.50. The number of rotatable bonds is 3. The maximum absolute atomic E-state index is 5.20. The summed E-state index contributed by atoms with van der Waals surface area (Å²) in [6.45, 7) is 8.11. The zero-order valence-electron chi connectivity index (χ0n) is 7.37. The van der Waals surface area contributed by atoms with Crippen LogP contribution in [-0.4, -0.2) is 16.6 Å². The van der Waals surface area contributed by atoms with Gasteiger partial charge in [-0.05, 0) is 19.9 Å². The zero-order valence-corrected chi connectivity index (χ0v) is 7.37. The molecule has 0 N–H and O–H groups in total. The summed E-state index contributed by atoms with van der Waals surface area (Å²) >= 11 is 0. The van der Waals surface area contributed by atoms with Gasteiger partial charge in [0.1, 0.15) is 17.3 Å². The molecule has 64 valence electrons. The largest absolute Gasteiger partial charge is 0.492 e. The molecule has 3 heteroatoms. The summed E-state index contributed by atoms with van der Waals surface area (Å²) in [5.41, 5.74) is 0.754. The number of aromatic nitrogens is 2. The number of nitrogens with zero attached hydrogens (tertiary/aromatic N) is 2. The van der Waals surface area contributed by atoms with Gasteiger partial charge in [0.15, 0.2) is 0 Å². The fourth-order valence-corrected chi connectivity index (χ4v) is 0.860. The highest BCUT2D eigenvalue weighted by atomic mass is 16.5. The van der Waals surface area contributed by atoms with Crippen molar-refractivity contribution >= 4 is 5.76 Å². The van der Waals surface area contributed by atoms with Gasteiger partial charge in [-0.2, -0.15) is 0 Å². The van der Waals surface area contributed by atoms with Crippen LogP contribution in [0.2, 0.25) is 0 Å². The topological polar surface area (TPSA) is 35.0 Å². The average molecular weight is 164 g/mol. The van der Waals surface area contributed by atoms with Crippen molar-refractivity contribution in [2.75, 3.05) is 6.61 Å². The van der Waals surface area contributed by atoms with Crippen molar-refractivity contribution in [3.63, 3.8) is 0 Å². The van der Waals surface area contributed by atoms with E-state index in [2.05, 4.69) is 16.5 Å². The van der Waals surface area contributed by atoms with E-state index in [1.807, 2.05) is 13.8 Å². The first-order valence-corrected chi connectivity index (χ1v) is 3.85. The van der Waals surface area contributed by atoms with Crippen molar-refractivity contribution in [3.05, 3.63) is 30.4 Å². The Kier molecular flexibility index (Phi) is 2.80. The van der Waals surface area contributed by atoms with Crippen molar-refractivity contribution in [2.24, 2.45) is 0 Å². The van der Waals surface area contributed by atoms with Crippen LogP contribution in [0.1, 0.15) is 18.4 Å².